The number of anilines is 2. The summed E-state index contributed by atoms with van der Waals surface area (Å²) in [5, 5.41) is 14.6. The van der Waals surface area contributed by atoms with Crippen LogP contribution in [-0.4, -0.2) is 21.8 Å². The van der Waals surface area contributed by atoms with Crippen LogP contribution in [0.2, 0.25) is 0 Å². The summed E-state index contributed by atoms with van der Waals surface area (Å²) in [5.41, 5.74) is 1.76. The minimum Gasteiger partial charge on any atom is -0.322 e. The monoisotopic (exact) mass is 343 g/mol. The quantitative estimate of drug-likeness (QED) is 0.757. The van der Waals surface area contributed by atoms with Crippen molar-refractivity contribution in [3.63, 3.8) is 0 Å². The number of rotatable bonds is 4. The number of amides is 2. The van der Waals surface area contributed by atoms with Crippen LogP contribution < -0.4 is 10.6 Å². The molecule has 0 atom stereocenters. The summed E-state index contributed by atoms with van der Waals surface area (Å²) in [5.74, 6) is -0.850. The highest BCUT2D eigenvalue weighted by molar-refractivity contribution is 6.09. The summed E-state index contributed by atoms with van der Waals surface area (Å²) in [6.45, 7) is 0. The molecule has 0 saturated heterocycles. The molecule has 7 nitrogen and oxygen atoms in total. The van der Waals surface area contributed by atoms with Crippen LogP contribution in [0.4, 0.5) is 11.4 Å². The highest BCUT2D eigenvalue weighted by Crippen LogP contribution is 2.15. The first-order valence-electron chi connectivity index (χ1n) is 7.63. The third kappa shape index (κ3) is 4.07. The average molecular weight is 343 g/mol. The molecule has 0 saturated carbocycles. The zero-order valence-electron chi connectivity index (χ0n) is 13.5. The van der Waals surface area contributed by atoms with E-state index in [9.17, 15) is 14.9 Å². The van der Waals surface area contributed by atoms with Gasteiger partial charge in [0.05, 0.1) is 11.6 Å². The summed E-state index contributed by atoms with van der Waals surface area (Å²) in [4.78, 5) is 32.6. The van der Waals surface area contributed by atoms with Crippen molar-refractivity contribution >= 4 is 23.2 Å². The van der Waals surface area contributed by atoms with Gasteiger partial charge >= 0.3 is 0 Å². The first-order chi connectivity index (χ1) is 12.7. The van der Waals surface area contributed by atoms with Crippen molar-refractivity contribution in [2.75, 3.05) is 10.6 Å². The third-order valence-corrected chi connectivity index (χ3v) is 3.46. The molecule has 0 aliphatic carbocycles. The van der Waals surface area contributed by atoms with Gasteiger partial charge in [0.1, 0.15) is 0 Å². The van der Waals surface area contributed by atoms with Crippen LogP contribution in [0.15, 0.2) is 67.3 Å². The van der Waals surface area contributed by atoms with E-state index < -0.39 is 11.8 Å². The Morgan fingerprint density at radius 1 is 0.769 bits per heavy atom. The van der Waals surface area contributed by atoms with Gasteiger partial charge in [-0.1, -0.05) is 0 Å². The molecule has 3 rings (SSSR count). The Hall–Kier alpha value is -4.05. The molecule has 0 unspecified atom stereocenters. The Morgan fingerprint density at radius 3 is 1.58 bits per heavy atom. The van der Waals surface area contributed by atoms with Gasteiger partial charge in [0.25, 0.3) is 11.8 Å². The fraction of sp³-hybridized carbons (Fsp3) is 0. The molecule has 26 heavy (non-hydrogen) atoms. The fourth-order valence-corrected chi connectivity index (χ4v) is 2.23. The summed E-state index contributed by atoms with van der Waals surface area (Å²) in [6, 6.07) is 12.8. The minimum atomic E-state index is -0.425. The molecule has 2 amide bonds. The van der Waals surface area contributed by atoms with Crippen molar-refractivity contribution in [3.05, 3.63) is 83.9 Å². The number of hydrogen-bond donors (Lipinski definition) is 2. The van der Waals surface area contributed by atoms with Gasteiger partial charge < -0.3 is 10.6 Å². The van der Waals surface area contributed by atoms with Gasteiger partial charge in [0, 0.05) is 47.3 Å². The molecule has 126 valence electrons. The Balaban J connectivity index is 1.85. The minimum absolute atomic E-state index is 0.209. The SMILES string of the molecule is N#Cc1cc(C(=O)Nc2ccncc2)cc(C(=O)Nc2ccncc2)c1. The van der Waals surface area contributed by atoms with Crippen molar-refractivity contribution in [1.82, 2.24) is 9.97 Å². The van der Waals surface area contributed by atoms with E-state index in [-0.39, 0.29) is 16.7 Å². The Bertz CT molecular complexity index is 910. The maximum absolute atomic E-state index is 12.4. The summed E-state index contributed by atoms with van der Waals surface area (Å²) in [6.07, 6.45) is 6.20. The first kappa shape index (κ1) is 16.8. The van der Waals surface area contributed by atoms with E-state index in [0.717, 1.165) is 0 Å². The van der Waals surface area contributed by atoms with Crippen LogP contribution in [0.25, 0.3) is 0 Å². The Kier molecular flexibility index (Phi) is 4.96. The molecular weight excluding hydrogens is 330 g/mol. The average Bonchev–Trinajstić information content (AvgIpc) is 2.69. The molecule has 1 aromatic carbocycles. The third-order valence-electron chi connectivity index (χ3n) is 3.46. The predicted octanol–water partition coefficient (Wildman–Crippen LogP) is 2.85. The lowest BCUT2D eigenvalue weighted by Crippen LogP contribution is -2.16. The van der Waals surface area contributed by atoms with Gasteiger partial charge in [-0.15, -0.1) is 0 Å². The molecular formula is C19H13N5O2. The van der Waals surface area contributed by atoms with Crippen LogP contribution in [0.3, 0.4) is 0 Å². The topological polar surface area (TPSA) is 108 Å². The summed E-state index contributed by atoms with van der Waals surface area (Å²) in [7, 11) is 0. The molecule has 0 bridgehead atoms. The van der Waals surface area contributed by atoms with Crippen molar-refractivity contribution in [2.45, 2.75) is 0 Å². The van der Waals surface area contributed by atoms with E-state index in [2.05, 4.69) is 20.6 Å². The number of aromatic nitrogens is 2. The maximum Gasteiger partial charge on any atom is 0.255 e. The number of hydrogen-bond acceptors (Lipinski definition) is 5. The second-order valence-corrected chi connectivity index (χ2v) is 5.29. The zero-order valence-corrected chi connectivity index (χ0v) is 13.5. The molecule has 3 aromatic rings. The molecule has 2 aromatic heterocycles. The van der Waals surface area contributed by atoms with E-state index in [1.54, 1.807) is 49.1 Å². The van der Waals surface area contributed by atoms with Crippen LogP contribution in [0.5, 0.6) is 0 Å². The smallest absolute Gasteiger partial charge is 0.255 e. The Morgan fingerprint density at radius 2 is 1.19 bits per heavy atom. The second kappa shape index (κ2) is 7.68. The maximum atomic E-state index is 12.4. The molecule has 2 heterocycles. The van der Waals surface area contributed by atoms with Crippen molar-refractivity contribution in [2.24, 2.45) is 0 Å². The van der Waals surface area contributed by atoms with Crippen LogP contribution in [0.1, 0.15) is 26.3 Å². The molecule has 0 radical (unpaired) electrons. The van der Waals surface area contributed by atoms with Crippen LogP contribution in [-0.2, 0) is 0 Å². The van der Waals surface area contributed by atoms with Crippen molar-refractivity contribution < 1.29 is 9.59 Å². The summed E-state index contributed by atoms with van der Waals surface area (Å²) < 4.78 is 0. The lowest BCUT2D eigenvalue weighted by molar-refractivity contribution is 0.102. The zero-order chi connectivity index (χ0) is 18.4. The fourth-order valence-electron chi connectivity index (χ4n) is 2.23. The van der Waals surface area contributed by atoms with E-state index >= 15 is 0 Å². The van der Waals surface area contributed by atoms with E-state index in [4.69, 9.17) is 0 Å². The first-order valence-corrected chi connectivity index (χ1v) is 7.63. The van der Waals surface area contributed by atoms with Gasteiger partial charge in [-0.3, -0.25) is 19.6 Å². The van der Waals surface area contributed by atoms with Crippen LogP contribution in [0, 0.1) is 11.3 Å². The van der Waals surface area contributed by atoms with Gasteiger partial charge in [-0.05, 0) is 42.5 Å². The predicted molar refractivity (Wildman–Crippen MR) is 95.5 cm³/mol. The van der Waals surface area contributed by atoms with Gasteiger partial charge in [0.2, 0.25) is 0 Å². The Labute approximate surface area is 149 Å². The number of nitrogens with zero attached hydrogens (tertiary/aromatic N) is 3. The van der Waals surface area contributed by atoms with Gasteiger partial charge in [-0.25, -0.2) is 0 Å². The van der Waals surface area contributed by atoms with Gasteiger partial charge in [-0.2, -0.15) is 5.26 Å². The number of nitrogens with one attached hydrogen (secondary N) is 2. The van der Waals surface area contributed by atoms with Crippen molar-refractivity contribution in [1.29, 1.82) is 5.26 Å². The molecule has 0 aliphatic rings. The number of carbonyl (C=O) groups excluding carboxylic acids is 2. The molecule has 0 aliphatic heterocycles. The van der Waals surface area contributed by atoms with E-state index in [0.29, 0.717) is 11.4 Å². The lowest BCUT2D eigenvalue weighted by Gasteiger charge is -2.09. The summed E-state index contributed by atoms with van der Waals surface area (Å²) >= 11 is 0. The number of pyridine rings is 2. The second-order valence-electron chi connectivity index (χ2n) is 5.29. The van der Waals surface area contributed by atoms with Crippen LogP contribution >= 0.6 is 0 Å². The molecule has 0 fully saturated rings. The number of benzene rings is 1. The van der Waals surface area contributed by atoms with E-state index in [1.165, 1.54) is 18.2 Å². The highest BCUT2D eigenvalue weighted by atomic mass is 16.2. The van der Waals surface area contributed by atoms with Gasteiger partial charge in [0.15, 0.2) is 0 Å². The normalized spacial score (nSPS) is 9.81. The number of carbonyl (C=O) groups is 2. The number of nitriles is 1. The van der Waals surface area contributed by atoms with E-state index in [1.807, 2.05) is 6.07 Å². The molecule has 2 N–H and O–H groups in total. The molecule has 7 heteroatoms. The standard InChI is InChI=1S/C19H13N5O2/c20-12-13-9-14(18(25)23-16-1-5-21-6-2-16)11-15(10-13)19(26)24-17-3-7-22-8-4-17/h1-11H,(H,21,23,25)(H,22,24,26). The largest absolute Gasteiger partial charge is 0.322 e. The van der Waals surface area contributed by atoms with Crippen molar-refractivity contribution in [3.8, 4) is 6.07 Å². The molecule has 0 spiro atoms. The highest BCUT2D eigenvalue weighted by Gasteiger charge is 2.14. The lowest BCUT2D eigenvalue weighted by atomic mass is 10.0.